The molecule has 0 aliphatic heterocycles. The third-order valence-corrected chi connectivity index (χ3v) is 4.05. The number of carbonyl (C=O) groups excluding carboxylic acids is 2. The number of hydrogen-bond donors (Lipinski definition) is 3. The summed E-state index contributed by atoms with van der Waals surface area (Å²) in [6.07, 6.45) is 0. The predicted molar refractivity (Wildman–Crippen MR) is 111 cm³/mol. The topological polar surface area (TPSA) is 109 Å². The first kappa shape index (κ1) is 20.3. The number of nitrogens with one attached hydrogen (secondary N) is 3. The molecule has 150 valence electrons. The third kappa shape index (κ3) is 5.55. The summed E-state index contributed by atoms with van der Waals surface area (Å²) in [5.41, 5.74) is 1.10. The van der Waals surface area contributed by atoms with Crippen molar-refractivity contribution in [3.63, 3.8) is 0 Å². The minimum atomic E-state index is -0.460. The van der Waals surface area contributed by atoms with Gasteiger partial charge in [-0.05, 0) is 36.4 Å². The summed E-state index contributed by atoms with van der Waals surface area (Å²) in [5, 5.41) is 12.1. The summed E-state index contributed by atoms with van der Waals surface area (Å²) in [6, 6.07) is 12.7. The fraction of sp³-hybridized carbons (Fsp3) is 0.200. The van der Waals surface area contributed by atoms with Gasteiger partial charge >= 0.3 is 6.03 Å². The number of halogens is 1. The second kappa shape index (κ2) is 8.32. The van der Waals surface area contributed by atoms with Crippen molar-refractivity contribution >= 4 is 40.7 Å². The lowest BCUT2D eigenvalue weighted by atomic mass is 9.93. The molecule has 29 heavy (non-hydrogen) atoms. The summed E-state index contributed by atoms with van der Waals surface area (Å²) in [6.45, 7) is 5.96. The van der Waals surface area contributed by atoms with Crippen molar-refractivity contribution in [3.05, 3.63) is 65.1 Å². The van der Waals surface area contributed by atoms with Crippen LogP contribution in [0.1, 0.15) is 37.0 Å². The van der Waals surface area contributed by atoms with Crippen LogP contribution in [0, 0.1) is 0 Å². The fourth-order valence-electron chi connectivity index (χ4n) is 2.33. The average Bonchev–Trinajstić information content (AvgIpc) is 3.12. The van der Waals surface area contributed by atoms with Gasteiger partial charge in [-0.15, -0.1) is 0 Å². The maximum absolute atomic E-state index is 12.2. The standard InChI is InChI=1S/C20H20ClN5O3/c1-20(2,3)15-11-17(26-29-15)25-19(28)23-13-9-7-12(8-10-13)22-18(27)14-5-4-6-16(21)24-14/h4-11H,1-3H3,(H,22,27)(H2,23,25,26,28). The molecule has 3 rings (SSSR count). The van der Waals surface area contributed by atoms with Gasteiger partial charge in [0.1, 0.15) is 16.6 Å². The summed E-state index contributed by atoms with van der Waals surface area (Å²) < 4.78 is 5.23. The normalized spacial score (nSPS) is 11.0. The van der Waals surface area contributed by atoms with E-state index < -0.39 is 6.03 Å². The Bertz CT molecular complexity index is 1030. The van der Waals surface area contributed by atoms with Gasteiger partial charge in [-0.25, -0.2) is 9.78 Å². The quantitative estimate of drug-likeness (QED) is 0.526. The molecule has 0 saturated carbocycles. The van der Waals surface area contributed by atoms with Gasteiger partial charge in [0.25, 0.3) is 5.91 Å². The zero-order chi connectivity index (χ0) is 21.0. The number of hydrogen-bond acceptors (Lipinski definition) is 5. The highest BCUT2D eigenvalue weighted by Gasteiger charge is 2.20. The number of aromatic nitrogens is 2. The Labute approximate surface area is 172 Å². The van der Waals surface area contributed by atoms with Gasteiger partial charge in [-0.3, -0.25) is 10.1 Å². The van der Waals surface area contributed by atoms with E-state index in [0.717, 1.165) is 0 Å². The highest BCUT2D eigenvalue weighted by molar-refractivity contribution is 6.29. The average molecular weight is 414 g/mol. The molecule has 3 amide bonds. The molecule has 0 bridgehead atoms. The lowest BCUT2D eigenvalue weighted by molar-refractivity contribution is 0.102. The molecule has 9 heteroatoms. The van der Waals surface area contributed by atoms with Crippen molar-refractivity contribution in [2.24, 2.45) is 0 Å². The van der Waals surface area contributed by atoms with Gasteiger partial charge in [-0.2, -0.15) is 0 Å². The maximum atomic E-state index is 12.2. The van der Waals surface area contributed by atoms with Crippen LogP contribution in [0.15, 0.2) is 53.1 Å². The molecule has 3 aromatic rings. The Kier molecular flexibility index (Phi) is 5.84. The maximum Gasteiger partial charge on any atom is 0.324 e. The van der Waals surface area contributed by atoms with Crippen LogP contribution in [-0.2, 0) is 5.41 Å². The van der Waals surface area contributed by atoms with Crippen molar-refractivity contribution in [1.82, 2.24) is 10.1 Å². The van der Waals surface area contributed by atoms with E-state index >= 15 is 0 Å². The van der Waals surface area contributed by atoms with Crippen molar-refractivity contribution in [2.75, 3.05) is 16.0 Å². The number of amides is 3. The summed E-state index contributed by atoms with van der Waals surface area (Å²) in [7, 11) is 0. The molecular weight excluding hydrogens is 394 g/mol. The fourth-order valence-corrected chi connectivity index (χ4v) is 2.50. The lowest BCUT2D eigenvalue weighted by Crippen LogP contribution is -2.19. The SMILES string of the molecule is CC(C)(C)c1cc(NC(=O)Nc2ccc(NC(=O)c3cccc(Cl)n3)cc2)no1. The van der Waals surface area contributed by atoms with Crippen molar-refractivity contribution in [2.45, 2.75) is 26.2 Å². The first-order chi connectivity index (χ1) is 13.7. The number of urea groups is 1. The molecule has 1 aromatic carbocycles. The summed E-state index contributed by atoms with van der Waals surface area (Å²) in [5.74, 6) is 0.610. The van der Waals surface area contributed by atoms with Crippen molar-refractivity contribution in [3.8, 4) is 0 Å². The highest BCUT2D eigenvalue weighted by Crippen LogP contribution is 2.24. The van der Waals surface area contributed by atoms with Crippen LogP contribution in [0.4, 0.5) is 22.0 Å². The Morgan fingerprint density at radius 2 is 1.62 bits per heavy atom. The lowest BCUT2D eigenvalue weighted by Gasteiger charge is -2.12. The van der Waals surface area contributed by atoms with E-state index in [4.69, 9.17) is 16.1 Å². The monoisotopic (exact) mass is 413 g/mol. The molecule has 2 heterocycles. The minimum Gasteiger partial charge on any atom is -0.359 e. The van der Waals surface area contributed by atoms with Crippen LogP contribution in [0.2, 0.25) is 5.15 Å². The predicted octanol–water partition coefficient (Wildman–Crippen LogP) is 4.92. The molecule has 3 N–H and O–H groups in total. The first-order valence-corrected chi connectivity index (χ1v) is 9.18. The Balaban J connectivity index is 1.56. The summed E-state index contributed by atoms with van der Waals surface area (Å²) >= 11 is 5.80. The molecule has 0 saturated heterocycles. The van der Waals surface area contributed by atoms with E-state index in [1.54, 1.807) is 48.5 Å². The van der Waals surface area contributed by atoms with Crippen molar-refractivity contribution < 1.29 is 14.1 Å². The smallest absolute Gasteiger partial charge is 0.324 e. The Morgan fingerprint density at radius 3 is 2.21 bits per heavy atom. The largest absolute Gasteiger partial charge is 0.359 e. The number of carbonyl (C=O) groups is 2. The number of nitrogens with zero attached hydrogens (tertiary/aromatic N) is 2. The molecule has 0 aliphatic rings. The molecular formula is C20H20ClN5O3. The van der Waals surface area contributed by atoms with E-state index in [9.17, 15) is 9.59 Å². The molecule has 0 atom stereocenters. The van der Waals surface area contributed by atoms with Gasteiger partial charge < -0.3 is 15.2 Å². The molecule has 0 aliphatic carbocycles. The van der Waals surface area contributed by atoms with Crippen LogP contribution in [0.3, 0.4) is 0 Å². The second-order valence-electron chi connectivity index (χ2n) is 7.28. The first-order valence-electron chi connectivity index (χ1n) is 8.80. The molecule has 0 fully saturated rings. The van der Waals surface area contributed by atoms with Crippen LogP contribution >= 0.6 is 11.6 Å². The van der Waals surface area contributed by atoms with Crippen LogP contribution in [-0.4, -0.2) is 22.1 Å². The van der Waals surface area contributed by atoms with E-state index in [2.05, 4.69) is 26.1 Å². The number of anilines is 3. The number of pyridine rings is 1. The van der Waals surface area contributed by atoms with Crippen LogP contribution in [0.5, 0.6) is 0 Å². The van der Waals surface area contributed by atoms with Gasteiger partial charge in [0.15, 0.2) is 5.82 Å². The molecule has 2 aromatic heterocycles. The third-order valence-electron chi connectivity index (χ3n) is 3.84. The molecule has 0 spiro atoms. The van der Waals surface area contributed by atoms with E-state index in [0.29, 0.717) is 23.0 Å². The summed E-state index contributed by atoms with van der Waals surface area (Å²) in [4.78, 5) is 28.3. The van der Waals surface area contributed by atoms with Crippen molar-refractivity contribution in [1.29, 1.82) is 0 Å². The Hall–Kier alpha value is -3.39. The van der Waals surface area contributed by atoms with Crippen LogP contribution in [0.25, 0.3) is 0 Å². The molecule has 0 unspecified atom stereocenters. The van der Waals surface area contributed by atoms with E-state index in [1.807, 2.05) is 20.8 Å². The van der Waals surface area contributed by atoms with E-state index in [-0.39, 0.29) is 22.2 Å². The van der Waals surface area contributed by atoms with Gasteiger partial charge in [0.05, 0.1) is 0 Å². The van der Waals surface area contributed by atoms with Gasteiger partial charge in [-0.1, -0.05) is 43.6 Å². The molecule has 8 nitrogen and oxygen atoms in total. The number of rotatable bonds is 4. The molecule has 0 radical (unpaired) electrons. The number of benzene rings is 1. The van der Waals surface area contributed by atoms with Gasteiger partial charge in [0.2, 0.25) is 0 Å². The van der Waals surface area contributed by atoms with Crippen LogP contribution < -0.4 is 16.0 Å². The van der Waals surface area contributed by atoms with Gasteiger partial charge in [0, 0.05) is 22.9 Å². The van der Waals surface area contributed by atoms with E-state index in [1.165, 1.54) is 0 Å². The highest BCUT2D eigenvalue weighted by atomic mass is 35.5. The second-order valence-corrected chi connectivity index (χ2v) is 7.67. The zero-order valence-electron chi connectivity index (χ0n) is 16.1. The minimum absolute atomic E-state index is 0.204. The zero-order valence-corrected chi connectivity index (χ0v) is 16.9. The Morgan fingerprint density at radius 1 is 0.966 bits per heavy atom.